The summed E-state index contributed by atoms with van der Waals surface area (Å²) < 4.78 is 0. The number of hydrogen-bond acceptors (Lipinski definition) is 16. The molecule has 2 N–H and O–H groups in total. The lowest BCUT2D eigenvalue weighted by Gasteiger charge is -2.25. The molecule has 0 saturated carbocycles. The van der Waals surface area contributed by atoms with Gasteiger partial charge in [-0.3, -0.25) is 24.7 Å². The second-order valence-corrected chi connectivity index (χ2v) is 14.1. The Hall–Kier alpha value is -5.61. The first-order valence-corrected chi connectivity index (χ1v) is 18.6. The van der Waals surface area contributed by atoms with Crippen LogP contribution in [-0.4, -0.2) is 93.8 Å². The van der Waals surface area contributed by atoms with E-state index in [1.54, 1.807) is 36.4 Å². The summed E-state index contributed by atoms with van der Waals surface area (Å²) in [4.78, 5) is 72.0. The van der Waals surface area contributed by atoms with Gasteiger partial charge in [0.15, 0.2) is 0 Å². The Morgan fingerprint density at radius 2 is 1.05 bits per heavy atom. The quantitative estimate of drug-likeness (QED) is 0.0572. The van der Waals surface area contributed by atoms with Gasteiger partial charge in [0.2, 0.25) is 0 Å². The summed E-state index contributed by atoms with van der Waals surface area (Å²) >= 11 is 1.03. The van der Waals surface area contributed by atoms with Crippen molar-refractivity contribution in [2.45, 2.75) is 70.6 Å². The molecule has 300 valence electrons. The van der Waals surface area contributed by atoms with Crippen molar-refractivity contribution in [2.75, 3.05) is 44.6 Å². The van der Waals surface area contributed by atoms with Gasteiger partial charge in [-0.1, -0.05) is 12.8 Å². The average Bonchev–Trinajstić information content (AvgIpc) is 3.07. The maximum atomic E-state index is 12.3. The van der Waals surface area contributed by atoms with E-state index >= 15 is 0 Å². The molecule has 0 aliphatic carbocycles. The number of aliphatic carboxylic acids is 4. The van der Waals surface area contributed by atoms with Crippen molar-refractivity contribution in [3.63, 3.8) is 0 Å². The van der Waals surface area contributed by atoms with Crippen molar-refractivity contribution in [2.24, 2.45) is 0 Å². The topological polar surface area (TPSA) is 261 Å². The van der Waals surface area contributed by atoms with Crippen molar-refractivity contribution in [1.82, 2.24) is 30.0 Å². The summed E-state index contributed by atoms with van der Waals surface area (Å²) in [6, 6.07) is 13.8. The second kappa shape index (κ2) is 23.3. The van der Waals surface area contributed by atoms with Crippen LogP contribution in [0.2, 0.25) is 0 Å². The first kappa shape index (κ1) is 44.8. The number of carbonyl (C=O) groups excluding carboxylic acids is 5. The van der Waals surface area contributed by atoms with E-state index in [1.165, 1.54) is 0 Å². The summed E-state index contributed by atoms with van der Waals surface area (Å²) in [6.45, 7) is 2.86. The molecule has 0 spiro atoms. The van der Waals surface area contributed by atoms with Gasteiger partial charge >= 0.3 is 6.03 Å². The Morgan fingerprint density at radius 3 is 1.46 bits per heavy atom. The van der Waals surface area contributed by atoms with Crippen LogP contribution in [0.4, 0.5) is 10.5 Å². The van der Waals surface area contributed by atoms with Gasteiger partial charge in [0.25, 0.3) is 0 Å². The molecule has 0 aliphatic heterocycles. The molecule has 0 atom stereocenters. The predicted molar refractivity (Wildman–Crippen MR) is 196 cm³/mol. The van der Waals surface area contributed by atoms with Gasteiger partial charge in [-0.2, -0.15) is 5.26 Å². The van der Waals surface area contributed by atoms with Gasteiger partial charge in [-0.15, -0.1) is 0 Å². The third kappa shape index (κ3) is 18.1. The van der Waals surface area contributed by atoms with E-state index in [0.29, 0.717) is 54.6 Å². The Kier molecular flexibility index (Phi) is 18.7. The average molecular weight is 789 g/mol. The number of thiocyanates is 1. The van der Waals surface area contributed by atoms with Crippen LogP contribution in [0.15, 0.2) is 53.4 Å². The number of urea groups is 1. The molecule has 0 aliphatic rings. The maximum Gasteiger partial charge on any atom is 0.319 e. The molecule has 0 bridgehead atoms. The molecule has 0 saturated heterocycles. The van der Waals surface area contributed by atoms with E-state index in [0.717, 1.165) is 63.3 Å². The lowest BCUT2D eigenvalue weighted by Crippen LogP contribution is -2.43. The Morgan fingerprint density at radius 1 is 0.643 bits per heavy atom. The highest BCUT2D eigenvalue weighted by atomic mass is 32.2. The fraction of sp³-hybridized carbons (Fsp3) is 0.421. The van der Waals surface area contributed by atoms with Crippen LogP contribution >= 0.6 is 11.8 Å². The van der Waals surface area contributed by atoms with Gasteiger partial charge in [0.05, 0.1) is 46.7 Å². The number of hydrogen-bond donors (Lipinski definition) is 2. The van der Waals surface area contributed by atoms with Gasteiger partial charge < -0.3 is 50.2 Å². The van der Waals surface area contributed by atoms with Crippen LogP contribution in [-0.2, 0) is 45.4 Å². The zero-order valence-electron chi connectivity index (χ0n) is 31.3. The molecule has 2 aromatic heterocycles. The fourth-order valence-corrected chi connectivity index (χ4v) is 6.38. The van der Waals surface area contributed by atoms with Gasteiger partial charge in [0.1, 0.15) is 5.40 Å². The number of pyridine rings is 2. The van der Waals surface area contributed by atoms with Crippen LogP contribution in [0.25, 0.3) is 0 Å². The second-order valence-electron chi connectivity index (χ2n) is 13.3. The van der Waals surface area contributed by atoms with Crippen molar-refractivity contribution < 1.29 is 44.4 Å². The minimum Gasteiger partial charge on any atom is -0.549 e. The van der Waals surface area contributed by atoms with Crippen LogP contribution in [0.3, 0.4) is 0 Å². The minimum atomic E-state index is -1.43. The molecular weight excluding hydrogens is 745 g/mol. The summed E-state index contributed by atoms with van der Waals surface area (Å²) in [7, 11) is 0. The third-order valence-corrected chi connectivity index (χ3v) is 8.67. The van der Waals surface area contributed by atoms with Crippen molar-refractivity contribution in [1.29, 1.82) is 5.26 Å². The number of amides is 2. The number of nitrogens with one attached hydrogen (secondary N) is 2. The first-order chi connectivity index (χ1) is 26.7. The minimum absolute atomic E-state index is 0.0620. The highest BCUT2D eigenvalue weighted by Gasteiger charge is 2.15. The Bertz CT molecular complexity index is 1730. The standard InChI is InChI=1S/C38H48N8O9S/c1-26-13-29(41-31(15-26)19-45(21-34(47)48)22-35(49)50)17-44(18-30-14-27(2)16-32(42-30)20-46(23-36(51)52)24-37(53)54)12-6-4-3-5-11-40-38(55)43-28-7-9-33(10-8-28)56-25-39/h7-10,13-16H,3-6,11-12,17-24H2,1-2H3,(H,47,48)(H,49,50)(H,51,52)(H,53,54)(H2,40,43,55)/p-4. The smallest absolute Gasteiger partial charge is 0.319 e. The highest BCUT2D eigenvalue weighted by Crippen LogP contribution is 2.19. The molecule has 17 nitrogen and oxygen atoms in total. The number of rotatable bonds is 25. The molecule has 56 heavy (non-hydrogen) atoms. The van der Waals surface area contributed by atoms with E-state index in [-0.39, 0.29) is 19.1 Å². The van der Waals surface area contributed by atoms with Gasteiger partial charge in [-0.05, 0) is 105 Å². The number of aromatic nitrogens is 2. The number of unbranched alkanes of at least 4 members (excludes halogenated alkanes) is 3. The Labute approximate surface area is 329 Å². The summed E-state index contributed by atoms with van der Waals surface area (Å²) in [5.41, 5.74) is 4.49. The van der Waals surface area contributed by atoms with Crippen LogP contribution in [0, 0.1) is 24.5 Å². The van der Waals surface area contributed by atoms with Crippen LogP contribution < -0.4 is 31.1 Å². The normalized spacial score (nSPS) is 11.1. The third-order valence-electron chi connectivity index (χ3n) is 8.07. The molecule has 1 aromatic carbocycles. The number of thioether (sulfide) groups is 1. The van der Waals surface area contributed by atoms with Gasteiger partial charge in [0, 0.05) is 69.5 Å². The van der Waals surface area contributed by atoms with E-state index in [9.17, 15) is 44.4 Å². The number of aryl methyl sites for hydroxylation is 2. The van der Waals surface area contributed by atoms with E-state index in [1.807, 2.05) is 31.4 Å². The summed E-state index contributed by atoms with van der Waals surface area (Å²) in [5.74, 6) is -5.74. The molecule has 0 radical (unpaired) electrons. The number of carboxylic acids is 4. The lowest BCUT2D eigenvalue weighted by molar-refractivity contribution is -0.313. The molecule has 0 fully saturated rings. The molecule has 2 amide bonds. The number of nitriles is 1. The molecule has 3 aromatic rings. The monoisotopic (exact) mass is 788 g/mol. The number of carbonyl (C=O) groups is 5. The van der Waals surface area contributed by atoms with E-state index in [2.05, 4.69) is 15.5 Å². The number of benzene rings is 1. The molecule has 0 unspecified atom stereocenters. The zero-order chi connectivity index (χ0) is 41.0. The largest absolute Gasteiger partial charge is 0.549 e. The summed E-state index contributed by atoms with van der Waals surface area (Å²) in [5, 5.41) is 61.4. The van der Waals surface area contributed by atoms with Gasteiger partial charge in [-0.25, -0.2) is 4.79 Å². The van der Waals surface area contributed by atoms with Crippen molar-refractivity contribution in [3.05, 3.63) is 82.4 Å². The highest BCUT2D eigenvalue weighted by molar-refractivity contribution is 8.03. The predicted octanol–water partition coefficient (Wildman–Crippen LogP) is -1.35. The lowest BCUT2D eigenvalue weighted by atomic mass is 10.1. The molecule has 2 heterocycles. The van der Waals surface area contributed by atoms with E-state index < -0.39 is 50.1 Å². The van der Waals surface area contributed by atoms with Crippen LogP contribution in [0.1, 0.15) is 59.6 Å². The van der Waals surface area contributed by atoms with E-state index in [4.69, 9.17) is 15.2 Å². The molecule has 3 rings (SSSR count). The fourth-order valence-electron chi connectivity index (χ4n) is 6.00. The van der Waals surface area contributed by atoms with Crippen LogP contribution in [0.5, 0.6) is 0 Å². The SMILES string of the molecule is Cc1cc(CN(CC(=O)[O-])CC(=O)[O-])nc(CN(CCCCCCNC(=O)Nc2ccc(SC#N)cc2)Cc2cc(C)cc(CN(CC(=O)[O-])CC(=O)[O-])n2)c1. The maximum absolute atomic E-state index is 12.3. The zero-order valence-corrected chi connectivity index (χ0v) is 32.1. The summed E-state index contributed by atoms with van der Waals surface area (Å²) in [6.07, 6.45) is 3.17. The molecule has 18 heteroatoms. The van der Waals surface area contributed by atoms with Crippen molar-refractivity contribution >= 4 is 47.4 Å². The Balaban J connectivity index is 1.69. The van der Waals surface area contributed by atoms with Crippen molar-refractivity contribution in [3.8, 4) is 5.40 Å². The number of nitrogens with zero attached hydrogens (tertiary/aromatic N) is 6. The number of anilines is 1. The molecular formula is C38H44N8O9S-4. The first-order valence-electron chi connectivity index (χ1n) is 17.8. The number of carboxylic acid groups (broad SMARTS) is 4.